The molecule has 0 radical (unpaired) electrons. The Morgan fingerprint density at radius 1 is 1.27 bits per heavy atom. The first-order valence-corrected chi connectivity index (χ1v) is 7.09. The summed E-state index contributed by atoms with van der Waals surface area (Å²) in [5.74, 6) is 0. The highest BCUT2D eigenvalue weighted by Crippen LogP contribution is 2.17. The molecular formula is C16H15ClN2O3. The van der Waals surface area contributed by atoms with Crippen molar-refractivity contribution < 1.29 is 14.3 Å². The molecule has 0 fully saturated rings. The number of halogens is 1. The number of carbonyl (C=O) groups is 2. The van der Waals surface area contributed by atoms with Crippen LogP contribution in [0.1, 0.15) is 23.6 Å². The molecule has 1 atom stereocenters. The second-order valence-electron chi connectivity index (χ2n) is 4.58. The lowest BCUT2D eigenvalue weighted by Gasteiger charge is -2.16. The predicted molar refractivity (Wildman–Crippen MR) is 82.4 cm³/mol. The van der Waals surface area contributed by atoms with Crippen molar-refractivity contribution in [2.75, 3.05) is 0 Å². The maximum absolute atomic E-state index is 11.8. The van der Waals surface area contributed by atoms with E-state index in [2.05, 4.69) is 10.3 Å². The van der Waals surface area contributed by atoms with Gasteiger partial charge in [-0.05, 0) is 17.2 Å². The van der Waals surface area contributed by atoms with E-state index in [9.17, 15) is 9.59 Å². The molecule has 0 saturated heterocycles. The number of nitrogens with one attached hydrogen (secondary N) is 1. The third kappa shape index (κ3) is 4.86. The minimum atomic E-state index is -0.592. The zero-order valence-corrected chi connectivity index (χ0v) is 12.5. The SMILES string of the molecule is O=CC[C@@H](NC(=O)OCc1ccccc1)c1ccc(Cl)nc1. The van der Waals surface area contributed by atoms with Crippen LogP contribution in [-0.4, -0.2) is 17.4 Å². The molecule has 2 aromatic rings. The lowest BCUT2D eigenvalue weighted by Crippen LogP contribution is -2.29. The van der Waals surface area contributed by atoms with Crippen molar-refractivity contribution in [2.45, 2.75) is 19.1 Å². The molecule has 0 bridgehead atoms. The number of alkyl carbamates (subject to hydrolysis) is 1. The zero-order chi connectivity index (χ0) is 15.8. The van der Waals surface area contributed by atoms with Crippen molar-refractivity contribution in [2.24, 2.45) is 0 Å². The summed E-state index contributed by atoms with van der Waals surface area (Å²) in [5.41, 5.74) is 1.57. The number of nitrogens with zero attached hydrogens (tertiary/aromatic N) is 1. The van der Waals surface area contributed by atoms with Crippen LogP contribution in [0.5, 0.6) is 0 Å². The zero-order valence-electron chi connectivity index (χ0n) is 11.7. The van der Waals surface area contributed by atoms with E-state index in [4.69, 9.17) is 16.3 Å². The lowest BCUT2D eigenvalue weighted by molar-refractivity contribution is -0.108. The Morgan fingerprint density at radius 3 is 2.68 bits per heavy atom. The molecule has 1 aromatic carbocycles. The quantitative estimate of drug-likeness (QED) is 0.655. The number of ether oxygens (including phenoxy) is 1. The third-order valence-electron chi connectivity index (χ3n) is 2.99. The van der Waals surface area contributed by atoms with Crippen LogP contribution in [0.4, 0.5) is 4.79 Å². The van der Waals surface area contributed by atoms with Gasteiger partial charge in [-0.1, -0.05) is 48.0 Å². The van der Waals surface area contributed by atoms with Gasteiger partial charge in [0.1, 0.15) is 18.0 Å². The fraction of sp³-hybridized carbons (Fsp3) is 0.188. The minimum absolute atomic E-state index is 0.129. The number of aldehydes is 1. The Morgan fingerprint density at radius 2 is 2.05 bits per heavy atom. The van der Waals surface area contributed by atoms with E-state index in [0.29, 0.717) is 10.7 Å². The average molecular weight is 319 g/mol. The Labute approximate surface area is 133 Å². The molecule has 0 saturated carbocycles. The van der Waals surface area contributed by atoms with Gasteiger partial charge < -0.3 is 14.8 Å². The van der Waals surface area contributed by atoms with Crippen LogP contribution in [-0.2, 0) is 16.1 Å². The molecule has 1 N–H and O–H groups in total. The Kier molecular flexibility index (Phi) is 5.91. The Balaban J connectivity index is 1.94. The van der Waals surface area contributed by atoms with Crippen LogP contribution in [0.2, 0.25) is 5.15 Å². The summed E-state index contributed by atoms with van der Waals surface area (Å²) in [6.07, 6.45) is 1.79. The van der Waals surface area contributed by atoms with Gasteiger partial charge in [0.25, 0.3) is 0 Å². The van der Waals surface area contributed by atoms with Crippen LogP contribution in [0.3, 0.4) is 0 Å². The number of benzene rings is 1. The van der Waals surface area contributed by atoms with Crippen molar-refractivity contribution in [1.82, 2.24) is 10.3 Å². The van der Waals surface area contributed by atoms with Gasteiger partial charge in [-0.2, -0.15) is 0 Å². The maximum Gasteiger partial charge on any atom is 0.407 e. The monoisotopic (exact) mass is 318 g/mol. The van der Waals surface area contributed by atoms with Crippen LogP contribution in [0.15, 0.2) is 48.7 Å². The van der Waals surface area contributed by atoms with E-state index in [0.717, 1.165) is 11.8 Å². The molecule has 2 rings (SSSR count). The number of aromatic nitrogens is 1. The van der Waals surface area contributed by atoms with Crippen LogP contribution in [0, 0.1) is 0 Å². The highest BCUT2D eigenvalue weighted by molar-refractivity contribution is 6.29. The molecule has 0 unspecified atom stereocenters. The molecule has 0 aliphatic rings. The molecule has 6 heteroatoms. The molecule has 1 heterocycles. The topological polar surface area (TPSA) is 68.3 Å². The summed E-state index contributed by atoms with van der Waals surface area (Å²) in [4.78, 5) is 26.6. The van der Waals surface area contributed by atoms with Gasteiger partial charge in [0, 0.05) is 12.6 Å². The standard InChI is InChI=1S/C16H15ClN2O3/c17-15-7-6-13(10-18-15)14(8-9-20)19-16(21)22-11-12-4-2-1-3-5-12/h1-7,9-10,14H,8,11H2,(H,19,21)/t14-/m1/s1. The maximum atomic E-state index is 11.8. The fourth-order valence-corrected chi connectivity index (χ4v) is 1.99. The molecule has 5 nitrogen and oxygen atoms in total. The van der Waals surface area contributed by atoms with Crippen molar-refractivity contribution in [3.05, 3.63) is 64.9 Å². The summed E-state index contributed by atoms with van der Waals surface area (Å²) in [6, 6.07) is 12.2. The Bertz CT molecular complexity index is 617. The smallest absolute Gasteiger partial charge is 0.407 e. The predicted octanol–water partition coefficient (Wildman–Crippen LogP) is 3.29. The van der Waals surface area contributed by atoms with Gasteiger partial charge in [-0.3, -0.25) is 0 Å². The van der Waals surface area contributed by atoms with Gasteiger partial charge in [0.05, 0.1) is 6.04 Å². The van der Waals surface area contributed by atoms with Gasteiger partial charge in [0.15, 0.2) is 0 Å². The van der Waals surface area contributed by atoms with Crippen molar-refractivity contribution in [3.63, 3.8) is 0 Å². The average Bonchev–Trinajstić information content (AvgIpc) is 2.54. The molecule has 0 spiro atoms. The summed E-state index contributed by atoms with van der Waals surface area (Å²) in [7, 11) is 0. The Hall–Kier alpha value is -2.40. The first-order chi connectivity index (χ1) is 10.7. The van der Waals surface area contributed by atoms with E-state index in [1.807, 2.05) is 30.3 Å². The van der Waals surface area contributed by atoms with E-state index < -0.39 is 12.1 Å². The van der Waals surface area contributed by atoms with Crippen molar-refractivity contribution in [1.29, 1.82) is 0 Å². The highest BCUT2D eigenvalue weighted by Gasteiger charge is 2.15. The van der Waals surface area contributed by atoms with Gasteiger partial charge in [-0.15, -0.1) is 0 Å². The normalized spacial score (nSPS) is 11.5. The summed E-state index contributed by atoms with van der Waals surface area (Å²) >= 11 is 5.72. The van der Waals surface area contributed by atoms with E-state index in [1.165, 1.54) is 6.20 Å². The van der Waals surface area contributed by atoms with E-state index in [-0.39, 0.29) is 13.0 Å². The molecule has 1 amide bonds. The summed E-state index contributed by atoms with van der Waals surface area (Å²) in [5, 5.41) is 3.00. The van der Waals surface area contributed by atoms with Crippen LogP contribution in [0.25, 0.3) is 0 Å². The molecular weight excluding hydrogens is 304 g/mol. The molecule has 1 aromatic heterocycles. The second kappa shape index (κ2) is 8.14. The van der Waals surface area contributed by atoms with Crippen LogP contribution < -0.4 is 5.32 Å². The first-order valence-electron chi connectivity index (χ1n) is 6.71. The molecule has 0 aliphatic heterocycles. The largest absolute Gasteiger partial charge is 0.445 e. The summed E-state index contributed by atoms with van der Waals surface area (Å²) < 4.78 is 5.14. The summed E-state index contributed by atoms with van der Waals surface area (Å²) in [6.45, 7) is 0.166. The molecule has 114 valence electrons. The number of pyridine rings is 1. The molecule has 0 aliphatic carbocycles. The second-order valence-corrected chi connectivity index (χ2v) is 4.96. The van der Waals surface area contributed by atoms with E-state index >= 15 is 0 Å². The fourth-order valence-electron chi connectivity index (χ4n) is 1.87. The third-order valence-corrected chi connectivity index (χ3v) is 3.21. The van der Waals surface area contributed by atoms with Crippen molar-refractivity contribution in [3.8, 4) is 0 Å². The minimum Gasteiger partial charge on any atom is -0.445 e. The number of hydrogen-bond donors (Lipinski definition) is 1. The van der Waals surface area contributed by atoms with Gasteiger partial charge in [-0.25, -0.2) is 9.78 Å². The van der Waals surface area contributed by atoms with Crippen LogP contribution >= 0.6 is 11.6 Å². The lowest BCUT2D eigenvalue weighted by atomic mass is 10.1. The van der Waals surface area contributed by atoms with E-state index in [1.54, 1.807) is 12.1 Å². The highest BCUT2D eigenvalue weighted by atomic mass is 35.5. The number of hydrogen-bond acceptors (Lipinski definition) is 4. The molecule has 22 heavy (non-hydrogen) atoms. The van der Waals surface area contributed by atoms with Gasteiger partial charge >= 0.3 is 6.09 Å². The number of rotatable bonds is 6. The number of amides is 1. The number of carbonyl (C=O) groups excluding carboxylic acids is 2. The first kappa shape index (κ1) is 16.0. The van der Waals surface area contributed by atoms with Crippen molar-refractivity contribution >= 4 is 24.0 Å². The van der Waals surface area contributed by atoms with Gasteiger partial charge in [0.2, 0.25) is 0 Å².